The second kappa shape index (κ2) is 5.69. The van der Waals surface area contributed by atoms with Crippen LogP contribution in [0.5, 0.6) is 0 Å². The second-order valence-corrected chi connectivity index (χ2v) is 7.72. The Hall–Kier alpha value is -1.14. The standard InChI is InChI=1S/C14H22N4S2/c1-7-15-12-16-9(8-19-12)10-11(14(2,3)4)17-13(20-10)18(5)6/h8H,7H2,1-6H3,(H,15,16). The lowest BCUT2D eigenvalue weighted by Crippen LogP contribution is -2.14. The maximum Gasteiger partial charge on any atom is 0.185 e. The molecule has 4 nitrogen and oxygen atoms in total. The molecule has 0 atom stereocenters. The van der Waals surface area contributed by atoms with Crippen LogP contribution >= 0.6 is 22.7 Å². The van der Waals surface area contributed by atoms with Crippen LogP contribution in [0, 0.1) is 0 Å². The molecule has 110 valence electrons. The summed E-state index contributed by atoms with van der Waals surface area (Å²) in [5.41, 5.74) is 2.17. The number of aromatic nitrogens is 2. The van der Waals surface area contributed by atoms with Gasteiger partial charge in [0.15, 0.2) is 10.3 Å². The van der Waals surface area contributed by atoms with Gasteiger partial charge in [-0.25, -0.2) is 9.97 Å². The van der Waals surface area contributed by atoms with Gasteiger partial charge in [0.2, 0.25) is 0 Å². The Morgan fingerprint density at radius 1 is 1.25 bits per heavy atom. The molecule has 0 aliphatic rings. The normalized spacial score (nSPS) is 11.7. The molecule has 0 spiro atoms. The summed E-state index contributed by atoms with van der Waals surface area (Å²) in [6.45, 7) is 9.57. The first kappa shape index (κ1) is 15.3. The topological polar surface area (TPSA) is 41.1 Å². The maximum absolute atomic E-state index is 4.80. The van der Waals surface area contributed by atoms with Gasteiger partial charge in [-0.1, -0.05) is 32.1 Å². The van der Waals surface area contributed by atoms with E-state index in [-0.39, 0.29) is 5.41 Å². The van der Waals surface area contributed by atoms with Crippen LogP contribution in [0.25, 0.3) is 10.6 Å². The summed E-state index contributed by atoms with van der Waals surface area (Å²) < 4.78 is 0. The van der Waals surface area contributed by atoms with E-state index in [2.05, 4.69) is 48.3 Å². The SMILES string of the molecule is CCNc1nc(-c2sc(N(C)C)nc2C(C)(C)C)cs1. The summed E-state index contributed by atoms with van der Waals surface area (Å²) in [7, 11) is 4.06. The van der Waals surface area contributed by atoms with Gasteiger partial charge in [-0.15, -0.1) is 11.3 Å². The Balaban J connectivity index is 2.47. The minimum Gasteiger partial charge on any atom is -0.362 e. The Bertz CT molecular complexity index is 578. The van der Waals surface area contributed by atoms with Crippen LogP contribution in [0.15, 0.2) is 5.38 Å². The van der Waals surface area contributed by atoms with Gasteiger partial charge in [0.05, 0.1) is 16.3 Å². The van der Waals surface area contributed by atoms with Crippen LogP contribution in [0.1, 0.15) is 33.4 Å². The summed E-state index contributed by atoms with van der Waals surface area (Å²) in [5.74, 6) is 0. The van der Waals surface area contributed by atoms with Gasteiger partial charge in [-0.2, -0.15) is 0 Å². The second-order valence-electron chi connectivity index (χ2n) is 5.89. The highest BCUT2D eigenvalue weighted by atomic mass is 32.1. The molecule has 0 bridgehead atoms. The Kier molecular flexibility index (Phi) is 4.34. The highest BCUT2D eigenvalue weighted by Crippen LogP contribution is 2.40. The van der Waals surface area contributed by atoms with Gasteiger partial charge in [-0.05, 0) is 6.92 Å². The summed E-state index contributed by atoms with van der Waals surface area (Å²) in [6.07, 6.45) is 0. The van der Waals surface area contributed by atoms with Crippen molar-refractivity contribution in [3.05, 3.63) is 11.1 Å². The Labute approximate surface area is 128 Å². The van der Waals surface area contributed by atoms with Crippen molar-refractivity contribution in [3.8, 4) is 10.6 Å². The first-order valence-electron chi connectivity index (χ1n) is 6.71. The first-order chi connectivity index (χ1) is 9.32. The molecule has 0 fully saturated rings. The fraction of sp³-hybridized carbons (Fsp3) is 0.571. The zero-order valence-corrected chi connectivity index (χ0v) is 14.6. The lowest BCUT2D eigenvalue weighted by atomic mass is 9.91. The lowest BCUT2D eigenvalue weighted by molar-refractivity contribution is 0.574. The fourth-order valence-electron chi connectivity index (χ4n) is 1.79. The number of rotatable bonds is 4. The molecule has 0 saturated heterocycles. The van der Waals surface area contributed by atoms with Crippen molar-refractivity contribution < 1.29 is 0 Å². The quantitative estimate of drug-likeness (QED) is 0.924. The molecule has 20 heavy (non-hydrogen) atoms. The molecule has 2 aromatic heterocycles. The van der Waals surface area contributed by atoms with E-state index in [1.54, 1.807) is 22.7 Å². The summed E-state index contributed by atoms with van der Waals surface area (Å²) in [5, 5.41) is 7.38. The van der Waals surface area contributed by atoms with Crippen LogP contribution in [-0.2, 0) is 5.41 Å². The third kappa shape index (κ3) is 3.12. The Morgan fingerprint density at radius 3 is 2.50 bits per heavy atom. The Morgan fingerprint density at radius 2 is 1.95 bits per heavy atom. The van der Waals surface area contributed by atoms with E-state index in [9.17, 15) is 0 Å². The number of anilines is 2. The van der Waals surface area contributed by atoms with Crippen molar-refractivity contribution in [2.24, 2.45) is 0 Å². The smallest absolute Gasteiger partial charge is 0.185 e. The van der Waals surface area contributed by atoms with Crippen LogP contribution in [0.2, 0.25) is 0 Å². The van der Waals surface area contributed by atoms with Crippen molar-refractivity contribution in [2.45, 2.75) is 33.1 Å². The third-order valence-electron chi connectivity index (χ3n) is 2.77. The number of hydrogen-bond acceptors (Lipinski definition) is 6. The molecule has 0 unspecified atom stereocenters. The minimum atomic E-state index is 0.0159. The molecule has 1 N–H and O–H groups in total. The highest BCUT2D eigenvalue weighted by Gasteiger charge is 2.26. The first-order valence-corrected chi connectivity index (χ1v) is 8.41. The summed E-state index contributed by atoms with van der Waals surface area (Å²) in [6, 6.07) is 0. The molecule has 0 saturated carbocycles. The van der Waals surface area contributed by atoms with Crippen molar-refractivity contribution >= 4 is 32.9 Å². The van der Waals surface area contributed by atoms with E-state index < -0.39 is 0 Å². The van der Waals surface area contributed by atoms with Crippen LogP contribution in [0.3, 0.4) is 0 Å². The number of nitrogens with zero attached hydrogens (tertiary/aromatic N) is 3. The van der Waals surface area contributed by atoms with E-state index in [4.69, 9.17) is 4.98 Å². The van der Waals surface area contributed by atoms with E-state index in [1.807, 2.05) is 14.1 Å². The molecule has 2 rings (SSSR count). The van der Waals surface area contributed by atoms with Gasteiger partial charge in [0, 0.05) is 31.4 Å². The number of thiazole rings is 2. The fourth-order valence-corrected chi connectivity index (χ4v) is 3.80. The predicted octanol–water partition coefficient (Wildman–Crippen LogP) is 4.06. The van der Waals surface area contributed by atoms with Crippen molar-refractivity contribution in [2.75, 3.05) is 30.9 Å². The van der Waals surface area contributed by atoms with E-state index in [1.165, 1.54) is 4.88 Å². The maximum atomic E-state index is 4.80. The van der Waals surface area contributed by atoms with Crippen LogP contribution in [0.4, 0.5) is 10.3 Å². The molecule has 2 heterocycles. The molecule has 2 aromatic rings. The predicted molar refractivity (Wildman–Crippen MR) is 90.4 cm³/mol. The molecule has 0 aliphatic heterocycles. The third-order valence-corrected chi connectivity index (χ3v) is 4.82. The van der Waals surface area contributed by atoms with Gasteiger partial charge < -0.3 is 10.2 Å². The van der Waals surface area contributed by atoms with Crippen molar-refractivity contribution in [3.63, 3.8) is 0 Å². The molecular weight excluding hydrogens is 288 g/mol. The summed E-state index contributed by atoms with van der Waals surface area (Å²) in [4.78, 5) is 12.7. The van der Waals surface area contributed by atoms with Crippen LogP contribution in [-0.4, -0.2) is 30.6 Å². The molecule has 6 heteroatoms. The van der Waals surface area contributed by atoms with E-state index in [0.717, 1.165) is 28.2 Å². The van der Waals surface area contributed by atoms with E-state index in [0.29, 0.717) is 0 Å². The molecule has 0 radical (unpaired) electrons. The molecular formula is C14H22N4S2. The summed E-state index contributed by atoms with van der Waals surface area (Å²) >= 11 is 3.36. The zero-order chi connectivity index (χ0) is 14.9. The van der Waals surface area contributed by atoms with Gasteiger partial charge in [0.25, 0.3) is 0 Å². The van der Waals surface area contributed by atoms with Gasteiger partial charge >= 0.3 is 0 Å². The lowest BCUT2D eigenvalue weighted by Gasteiger charge is -2.17. The number of nitrogens with one attached hydrogen (secondary N) is 1. The van der Waals surface area contributed by atoms with Gasteiger partial charge in [0.1, 0.15) is 0 Å². The van der Waals surface area contributed by atoms with E-state index >= 15 is 0 Å². The monoisotopic (exact) mass is 310 g/mol. The number of hydrogen-bond donors (Lipinski definition) is 1. The molecule has 0 aliphatic carbocycles. The highest BCUT2D eigenvalue weighted by molar-refractivity contribution is 7.19. The van der Waals surface area contributed by atoms with Crippen molar-refractivity contribution in [1.82, 2.24) is 9.97 Å². The van der Waals surface area contributed by atoms with Crippen molar-refractivity contribution in [1.29, 1.82) is 0 Å². The van der Waals surface area contributed by atoms with Crippen LogP contribution < -0.4 is 10.2 Å². The largest absolute Gasteiger partial charge is 0.362 e. The zero-order valence-electron chi connectivity index (χ0n) is 12.9. The molecule has 0 aromatic carbocycles. The average Bonchev–Trinajstić information content (AvgIpc) is 2.93. The minimum absolute atomic E-state index is 0.0159. The average molecular weight is 310 g/mol. The van der Waals surface area contributed by atoms with Gasteiger partial charge in [-0.3, -0.25) is 0 Å². The molecule has 0 amide bonds.